The highest BCUT2D eigenvalue weighted by molar-refractivity contribution is 5.55. The highest BCUT2D eigenvalue weighted by Gasteiger charge is 2.04. The Labute approximate surface area is 103 Å². The first-order valence-electron chi connectivity index (χ1n) is 5.74. The molecule has 0 aliphatic heterocycles. The van der Waals surface area contributed by atoms with E-state index in [4.69, 9.17) is 4.74 Å². The van der Waals surface area contributed by atoms with Crippen molar-refractivity contribution in [2.24, 2.45) is 0 Å². The number of aromatic nitrogens is 2. The van der Waals surface area contributed by atoms with Crippen molar-refractivity contribution in [3.8, 4) is 17.1 Å². The predicted octanol–water partition coefficient (Wildman–Crippen LogP) is 3.49. The Balaban J connectivity index is 0.000000686. The van der Waals surface area contributed by atoms with E-state index in [1.807, 2.05) is 51.1 Å². The van der Waals surface area contributed by atoms with E-state index in [1.165, 1.54) is 0 Å². The van der Waals surface area contributed by atoms with Crippen molar-refractivity contribution < 1.29 is 4.74 Å². The zero-order valence-electron chi connectivity index (χ0n) is 10.8. The number of methoxy groups -OCH3 is 1. The van der Waals surface area contributed by atoms with Crippen molar-refractivity contribution in [1.82, 2.24) is 9.97 Å². The van der Waals surface area contributed by atoms with Gasteiger partial charge < -0.3 is 4.74 Å². The van der Waals surface area contributed by atoms with Gasteiger partial charge in [0.25, 0.3) is 0 Å². The molecule has 0 spiro atoms. The van der Waals surface area contributed by atoms with Crippen LogP contribution < -0.4 is 4.74 Å². The van der Waals surface area contributed by atoms with Gasteiger partial charge in [0.15, 0.2) is 11.6 Å². The third kappa shape index (κ3) is 3.28. The number of aryl methyl sites for hydroxylation is 1. The maximum absolute atomic E-state index is 5.11. The Bertz CT molecular complexity index is 455. The number of rotatable bonds is 2. The van der Waals surface area contributed by atoms with Crippen LogP contribution in [0.15, 0.2) is 36.5 Å². The summed E-state index contributed by atoms with van der Waals surface area (Å²) in [5, 5.41) is 0. The molecular formula is C14H18N2O. The lowest BCUT2D eigenvalue weighted by molar-refractivity contribution is 0.407. The van der Waals surface area contributed by atoms with Crippen LogP contribution in [0.1, 0.15) is 19.5 Å². The van der Waals surface area contributed by atoms with Gasteiger partial charge in [0.1, 0.15) is 0 Å². The van der Waals surface area contributed by atoms with Crippen molar-refractivity contribution >= 4 is 0 Å². The highest BCUT2D eigenvalue weighted by atomic mass is 16.5. The number of ether oxygens (including phenoxy) is 1. The SMILES string of the molecule is CC.COc1cnc(-c2ccccc2)nc1C. The van der Waals surface area contributed by atoms with Crippen LogP contribution >= 0.6 is 0 Å². The third-order valence-corrected chi connectivity index (χ3v) is 2.19. The summed E-state index contributed by atoms with van der Waals surface area (Å²) in [6, 6.07) is 9.89. The van der Waals surface area contributed by atoms with Gasteiger partial charge in [0.2, 0.25) is 0 Å². The number of nitrogens with zero attached hydrogens (tertiary/aromatic N) is 2. The van der Waals surface area contributed by atoms with Crippen LogP contribution in [0.25, 0.3) is 11.4 Å². The van der Waals surface area contributed by atoms with Gasteiger partial charge >= 0.3 is 0 Å². The topological polar surface area (TPSA) is 35.0 Å². The molecule has 0 amide bonds. The van der Waals surface area contributed by atoms with Crippen LogP contribution in [0.2, 0.25) is 0 Å². The first-order chi connectivity index (χ1) is 8.31. The van der Waals surface area contributed by atoms with E-state index in [9.17, 15) is 0 Å². The molecule has 0 aliphatic rings. The molecule has 0 fully saturated rings. The maximum atomic E-state index is 5.11. The molecule has 0 N–H and O–H groups in total. The van der Waals surface area contributed by atoms with Gasteiger partial charge in [0, 0.05) is 5.56 Å². The van der Waals surface area contributed by atoms with Crippen LogP contribution in [0.5, 0.6) is 5.75 Å². The molecule has 1 aromatic heterocycles. The Kier molecular flexibility index (Phi) is 5.14. The fourth-order valence-corrected chi connectivity index (χ4v) is 1.38. The Morgan fingerprint density at radius 1 is 1.06 bits per heavy atom. The van der Waals surface area contributed by atoms with Crippen molar-refractivity contribution in [2.45, 2.75) is 20.8 Å². The molecule has 3 nitrogen and oxygen atoms in total. The van der Waals surface area contributed by atoms with Crippen molar-refractivity contribution in [2.75, 3.05) is 7.11 Å². The first kappa shape index (κ1) is 13.2. The standard InChI is InChI=1S/C12H12N2O.C2H6/c1-9-11(15-2)8-13-12(14-9)10-6-4-3-5-7-10;1-2/h3-8H,1-2H3;1-2H3. The average Bonchev–Trinajstić information content (AvgIpc) is 2.42. The summed E-state index contributed by atoms with van der Waals surface area (Å²) in [6.45, 7) is 5.91. The number of hydrogen-bond donors (Lipinski definition) is 0. The summed E-state index contributed by atoms with van der Waals surface area (Å²) in [5.74, 6) is 1.45. The third-order valence-electron chi connectivity index (χ3n) is 2.19. The van der Waals surface area contributed by atoms with Gasteiger partial charge in [-0.05, 0) is 6.92 Å². The highest BCUT2D eigenvalue weighted by Crippen LogP contribution is 2.19. The predicted molar refractivity (Wildman–Crippen MR) is 70.1 cm³/mol. The molecule has 3 heteroatoms. The van der Waals surface area contributed by atoms with Gasteiger partial charge in [-0.2, -0.15) is 0 Å². The Morgan fingerprint density at radius 3 is 2.24 bits per heavy atom. The van der Waals surface area contributed by atoms with Gasteiger partial charge in [0.05, 0.1) is 19.0 Å². The Morgan fingerprint density at radius 2 is 1.71 bits per heavy atom. The maximum Gasteiger partial charge on any atom is 0.159 e. The molecule has 0 saturated carbocycles. The van der Waals surface area contributed by atoms with Gasteiger partial charge in [-0.15, -0.1) is 0 Å². The van der Waals surface area contributed by atoms with Gasteiger partial charge in [-0.3, -0.25) is 0 Å². The van der Waals surface area contributed by atoms with E-state index in [0.717, 1.165) is 22.8 Å². The molecule has 0 saturated heterocycles. The van der Waals surface area contributed by atoms with E-state index in [1.54, 1.807) is 13.3 Å². The Hall–Kier alpha value is -1.90. The molecule has 0 bridgehead atoms. The van der Waals surface area contributed by atoms with Crippen LogP contribution in [-0.4, -0.2) is 17.1 Å². The van der Waals surface area contributed by atoms with Gasteiger partial charge in [-0.25, -0.2) is 9.97 Å². The number of benzene rings is 1. The quantitative estimate of drug-likeness (QED) is 0.792. The molecule has 2 rings (SSSR count). The lowest BCUT2D eigenvalue weighted by atomic mass is 10.2. The van der Waals surface area contributed by atoms with Crippen LogP contribution in [-0.2, 0) is 0 Å². The fraction of sp³-hybridized carbons (Fsp3) is 0.286. The molecule has 0 aliphatic carbocycles. The second-order valence-electron chi connectivity index (χ2n) is 3.21. The van der Waals surface area contributed by atoms with E-state index in [2.05, 4.69) is 9.97 Å². The molecular weight excluding hydrogens is 212 g/mol. The fourth-order valence-electron chi connectivity index (χ4n) is 1.38. The van der Waals surface area contributed by atoms with E-state index in [0.29, 0.717) is 0 Å². The number of hydrogen-bond acceptors (Lipinski definition) is 3. The van der Waals surface area contributed by atoms with Crippen LogP contribution in [0.3, 0.4) is 0 Å². The largest absolute Gasteiger partial charge is 0.493 e. The molecule has 0 atom stereocenters. The molecule has 1 aromatic carbocycles. The minimum Gasteiger partial charge on any atom is -0.493 e. The van der Waals surface area contributed by atoms with Crippen molar-refractivity contribution in [3.63, 3.8) is 0 Å². The van der Waals surface area contributed by atoms with Crippen molar-refractivity contribution in [1.29, 1.82) is 0 Å². The molecule has 17 heavy (non-hydrogen) atoms. The lowest BCUT2D eigenvalue weighted by Crippen LogP contribution is -1.95. The van der Waals surface area contributed by atoms with Crippen LogP contribution in [0.4, 0.5) is 0 Å². The summed E-state index contributed by atoms with van der Waals surface area (Å²) < 4.78 is 5.11. The zero-order chi connectivity index (χ0) is 12.7. The van der Waals surface area contributed by atoms with E-state index in [-0.39, 0.29) is 0 Å². The minimum absolute atomic E-state index is 0.717. The molecule has 0 unspecified atom stereocenters. The summed E-state index contributed by atoms with van der Waals surface area (Å²) in [7, 11) is 1.62. The molecule has 0 radical (unpaired) electrons. The average molecular weight is 230 g/mol. The molecule has 2 aromatic rings. The summed E-state index contributed by atoms with van der Waals surface area (Å²) in [4.78, 5) is 8.62. The summed E-state index contributed by atoms with van der Waals surface area (Å²) in [5.41, 5.74) is 1.87. The molecule has 1 heterocycles. The summed E-state index contributed by atoms with van der Waals surface area (Å²) >= 11 is 0. The lowest BCUT2D eigenvalue weighted by Gasteiger charge is -2.05. The van der Waals surface area contributed by atoms with Gasteiger partial charge in [-0.1, -0.05) is 44.2 Å². The monoisotopic (exact) mass is 230 g/mol. The zero-order valence-corrected chi connectivity index (χ0v) is 10.8. The van der Waals surface area contributed by atoms with Crippen molar-refractivity contribution in [3.05, 3.63) is 42.2 Å². The normalized spacial score (nSPS) is 9.18. The second-order valence-corrected chi connectivity index (χ2v) is 3.21. The van der Waals surface area contributed by atoms with E-state index >= 15 is 0 Å². The minimum atomic E-state index is 0.717. The first-order valence-corrected chi connectivity index (χ1v) is 5.74. The van der Waals surface area contributed by atoms with E-state index < -0.39 is 0 Å². The summed E-state index contributed by atoms with van der Waals surface area (Å²) in [6.07, 6.45) is 1.70. The van der Waals surface area contributed by atoms with Crippen LogP contribution in [0, 0.1) is 6.92 Å². The molecule has 90 valence electrons. The smallest absolute Gasteiger partial charge is 0.159 e. The second kappa shape index (κ2) is 6.63.